The zero-order chi connectivity index (χ0) is 16.2. The Bertz CT molecular complexity index is 452. The third-order valence-corrected chi connectivity index (χ3v) is 3.80. The second kappa shape index (κ2) is 7.60. The Morgan fingerprint density at radius 1 is 1.05 bits per heavy atom. The number of aliphatic hydroxyl groups is 1. The molecule has 0 aliphatic rings. The zero-order valence-corrected chi connectivity index (χ0v) is 14.1. The highest BCUT2D eigenvalue weighted by Gasteiger charge is 2.19. The highest BCUT2D eigenvalue weighted by atomic mass is 16.3. The molecule has 0 aliphatic carbocycles. The first-order chi connectivity index (χ1) is 9.73. The number of aliphatic hydroxyl groups excluding tert-OH is 1. The number of para-hydroxylation sites is 1. The van der Waals surface area contributed by atoms with Crippen molar-refractivity contribution >= 4 is 11.6 Å². The molecular weight excluding hydrogens is 262 g/mol. The predicted molar refractivity (Wildman–Crippen MR) is 88.7 cm³/mol. The van der Waals surface area contributed by atoms with E-state index in [4.69, 9.17) is 0 Å². The Hall–Kier alpha value is -1.35. The van der Waals surface area contributed by atoms with E-state index >= 15 is 0 Å². The number of nitrogens with one attached hydrogen (secondary N) is 1. The molecule has 0 radical (unpaired) electrons. The minimum absolute atomic E-state index is 0.0839. The van der Waals surface area contributed by atoms with E-state index in [9.17, 15) is 9.90 Å². The van der Waals surface area contributed by atoms with E-state index in [0.29, 0.717) is 11.8 Å². The lowest BCUT2D eigenvalue weighted by molar-refractivity contribution is -0.118. The predicted octanol–water partition coefficient (Wildman–Crippen LogP) is 4.28. The van der Waals surface area contributed by atoms with Crippen LogP contribution in [0.3, 0.4) is 0 Å². The molecule has 1 aromatic carbocycles. The van der Waals surface area contributed by atoms with Crippen molar-refractivity contribution in [1.29, 1.82) is 0 Å². The first kappa shape index (κ1) is 17.7. The van der Waals surface area contributed by atoms with Crippen LogP contribution in [0.15, 0.2) is 18.2 Å². The molecule has 1 rings (SSSR count). The van der Waals surface area contributed by atoms with Crippen LogP contribution in [-0.2, 0) is 4.79 Å². The Balaban J connectivity index is 3.02. The van der Waals surface area contributed by atoms with Gasteiger partial charge in [0.2, 0.25) is 5.91 Å². The lowest BCUT2D eigenvalue weighted by Gasteiger charge is -2.21. The van der Waals surface area contributed by atoms with Crippen LogP contribution in [0.4, 0.5) is 5.69 Å². The van der Waals surface area contributed by atoms with Crippen molar-refractivity contribution < 1.29 is 9.90 Å². The van der Waals surface area contributed by atoms with Crippen molar-refractivity contribution in [2.45, 2.75) is 65.9 Å². The molecule has 0 heterocycles. The average Bonchev–Trinajstić information content (AvgIpc) is 2.37. The van der Waals surface area contributed by atoms with Crippen molar-refractivity contribution in [2.75, 3.05) is 5.32 Å². The van der Waals surface area contributed by atoms with Gasteiger partial charge in [-0.15, -0.1) is 0 Å². The minimum atomic E-state index is -0.598. The maximum Gasteiger partial charge on any atom is 0.227 e. The molecule has 118 valence electrons. The van der Waals surface area contributed by atoms with E-state index in [1.54, 1.807) is 0 Å². The van der Waals surface area contributed by atoms with Gasteiger partial charge >= 0.3 is 0 Å². The van der Waals surface area contributed by atoms with Gasteiger partial charge in [-0.2, -0.15) is 0 Å². The molecule has 0 fully saturated rings. The van der Waals surface area contributed by atoms with Crippen molar-refractivity contribution in [3.63, 3.8) is 0 Å². The Kier molecular flexibility index (Phi) is 6.41. The molecule has 0 saturated carbocycles. The third kappa shape index (κ3) is 4.85. The molecule has 1 amide bonds. The average molecular weight is 291 g/mol. The van der Waals surface area contributed by atoms with E-state index in [0.717, 1.165) is 16.8 Å². The summed E-state index contributed by atoms with van der Waals surface area (Å²) in [6, 6.07) is 6.17. The van der Waals surface area contributed by atoms with Gasteiger partial charge < -0.3 is 10.4 Å². The molecule has 1 aromatic rings. The van der Waals surface area contributed by atoms with Crippen LogP contribution in [0.1, 0.15) is 70.9 Å². The number of rotatable bonds is 6. The summed E-state index contributed by atoms with van der Waals surface area (Å²) in [7, 11) is 0. The number of hydrogen-bond acceptors (Lipinski definition) is 2. The summed E-state index contributed by atoms with van der Waals surface area (Å²) in [5.74, 6) is 0.648. The van der Waals surface area contributed by atoms with Gasteiger partial charge in [-0.1, -0.05) is 59.7 Å². The van der Waals surface area contributed by atoms with E-state index in [2.05, 4.69) is 45.1 Å². The molecule has 3 nitrogen and oxygen atoms in total. The maximum atomic E-state index is 12.2. The van der Waals surface area contributed by atoms with Gasteiger partial charge in [-0.3, -0.25) is 4.79 Å². The summed E-state index contributed by atoms with van der Waals surface area (Å²) in [5, 5.41) is 12.9. The van der Waals surface area contributed by atoms with Gasteiger partial charge in [0.15, 0.2) is 0 Å². The van der Waals surface area contributed by atoms with Crippen LogP contribution in [0, 0.1) is 5.92 Å². The molecule has 0 bridgehead atoms. The largest absolute Gasteiger partial charge is 0.392 e. The van der Waals surface area contributed by atoms with Gasteiger partial charge in [-0.05, 0) is 28.9 Å². The number of carbonyl (C=O) groups excluding carboxylic acids is 1. The van der Waals surface area contributed by atoms with Crippen LogP contribution in [0.5, 0.6) is 0 Å². The lowest BCUT2D eigenvalue weighted by atomic mass is 9.92. The van der Waals surface area contributed by atoms with Crippen molar-refractivity contribution in [3.8, 4) is 0 Å². The van der Waals surface area contributed by atoms with Gasteiger partial charge in [0.1, 0.15) is 0 Å². The molecule has 2 N–H and O–H groups in total. The molecule has 1 unspecified atom stereocenters. The number of amides is 1. The molecule has 0 saturated heterocycles. The zero-order valence-electron chi connectivity index (χ0n) is 14.1. The summed E-state index contributed by atoms with van der Waals surface area (Å²) in [4.78, 5) is 12.2. The van der Waals surface area contributed by atoms with Crippen molar-refractivity contribution in [2.24, 2.45) is 5.92 Å². The van der Waals surface area contributed by atoms with Gasteiger partial charge in [0.05, 0.1) is 12.5 Å². The monoisotopic (exact) mass is 291 g/mol. The summed E-state index contributed by atoms with van der Waals surface area (Å²) in [6.45, 7) is 12.3. The second-order valence-electron chi connectivity index (χ2n) is 6.68. The highest BCUT2D eigenvalue weighted by Crippen LogP contribution is 2.32. The van der Waals surface area contributed by atoms with Crippen LogP contribution in [0.2, 0.25) is 0 Å². The summed E-state index contributed by atoms with van der Waals surface area (Å²) in [6.07, 6.45) is -0.458. The topological polar surface area (TPSA) is 49.3 Å². The number of hydrogen-bond donors (Lipinski definition) is 2. The minimum Gasteiger partial charge on any atom is -0.392 e. The second-order valence-corrected chi connectivity index (χ2v) is 6.68. The molecule has 21 heavy (non-hydrogen) atoms. The van der Waals surface area contributed by atoms with Crippen molar-refractivity contribution in [1.82, 2.24) is 0 Å². The van der Waals surface area contributed by atoms with E-state index in [1.807, 2.05) is 19.9 Å². The van der Waals surface area contributed by atoms with Crippen LogP contribution >= 0.6 is 0 Å². The van der Waals surface area contributed by atoms with Crippen LogP contribution < -0.4 is 5.32 Å². The molecule has 0 aliphatic heterocycles. The molecule has 1 atom stereocenters. The molecule has 3 heteroatoms. The first-order valence-corrected chi connectivity index (χ1v) is 7.84. The Labute approximate surface area is 128 Å². The van der Waals surface area contributed by atoms with Crippen molar-refractivity contribution in [3.05, 3.63) is 29.3 Å². The molecular formula is C18H29NO2. The lowest BCUT2D eigenvalue weighted by Crippen LogP contribution is -2.24. The summed E-state index contributed by atoms with van der Waals surface area (Å²) in [5.41, 5.74) is 3.21. The third-order valence-electron chi connectivity index (χ3n) is 3.80. The van der Waals surface area contributed by atoms with Gasteiger partial charge in [0, 0.05) is 5.69 Å². The molecule has 0 aromatic heterocycles. The first-order valence-electron chi connectivity index (χ1n) is 7.84. The molecule has 0 spiro atoms. The van der Waals surface area contributed by atoms with Crippen LogP contribution in [-0.4, -0.2) is 17.1 Å². The maximum absolute atomic E-state index is 12.2. The van der Waals surface area contributed by atoms with E-state index in [-0.39, 0.29) is 18.2 Å². The Morgan fingerprint density at radius 3 is 1.90 bits per heavy atom. The fourth-order valence-corrected chi connectivity index (χ4v) is 2.31. The fourth-order valence-electron chi connectivity index (χ4n) is 2.31. The number of anilines is 1. The number of benzene rings is 1. The highest BCUT2D eigenvalue weighted by molar-refractivity contribution is 5.93. The SMILES string of the molecule is CC(C)c1cccc(C(C)C)c1NC(=O)CC(O)C(C)C. The fraction of sp³-hybridized carbons (Fsp3) is 0.611. The standard InChI is InChI=1S/C18H29NO2/c1-11(2)14-8-7-9-15(12(3)4)18(14)19-17(21)10-16(20)13(5)6/h7-9,11-13,16,20H,10H2,1-6H3,(H,19,21). The van der Waals surface area contributed by atoms with Crippen LogP contribution in [0.25, 0.3) is 0 Å². The number of carbonyl (C=O) groups is 1. The summed E-state index contributed by atoms with van der Waals surface area (Å²) >= 11 is 0. The Morgan fingerprint density at radius 2 is 1.52 bits per heavy atom. The van der Waals surface area contributed by atoms with Gasteiger partial charge in [-0.25, -0.2) is 0 Å². The quantitative estimate of drug-likeness (QED) is 0.822. The smallest absolute Gasteiger partial charge is 0.227 e. The van der Waals surface area contributed by atoms with Gasteiger partial charge in [0.25, 0.3) is 0 Å². The summed E-state index contributed by atoms with van der Waals surface area (Å²) < 4.78 is 0. The van der Waals surface area contributed by atoms with E-state index in [1.165, 1.54) is 0 Å². The van der Waals surface area contributed by atoms with E-state index < -0.39 is 6.10 Å². The normalized spacial score (nSPS) is 13.0.